The molecule has 0 radical (unpaired) electrons. The number of carbonyl (C=O) groups is 2. The van der Waals surface area contributed by atoms with Gasteiger partial charge in [-0.05, 0) is 30.3 Å². The summed E-state index contributed by atoms with van der Waals surface area (Å²) in [6.45, 7) is 0. The molecule has 0 bridgehead atoms. The number of hydrogen-bond donors (Lipinski definition) is 3. The molecule has 4 N–H and O–H groups in total. The van der Waals surface area contributed by atoms with E-state index in [4.69, 9.17) is 10.8 Å². The Morgan fingerprint density at radius 3 is 2.48 bits per heavy atom. The van der Waals surface area contributed by atoms with Crippen molar-refractivity contribution in [2.24, 2.45) is 0 Å². The second-order valence-electron chi connectivity index (χ2n) is 4.15. The molecule has 0 heterocycles. The Bertz CT molecular complexity index is 732. The van der Waals surface area contributed by atoms with E-state index in [0.29, 0.717) is 0 Å². The molecule has 2 aromatic rings. The van der Waals surface area contributed by atoms with Gasteiger partial charge in [0.05, 0.1) is 16.8 Å². The first-order valence-corrected chi connectivity index (χ1v) is 5.78. The SMILES string of the molecule is Nc1ccc(F)cc1C(=O)Nc1c(F)cccc1C(=O)O. The summed E-state index contributed by atoms with van der Waals surface area (Å²) in [5.41, 5.74) is 4.40. The second kappa shape index (κ2) is 5.58. The Morgan fingerprint density at radius 2 is 1.81 bits per heavy atom. The zero-order valence-electron chi connectivity index (χ0n) is 10.6. The highest BCUT2D eigenvalue weighted by atomic mass is 19.1. The van der Waals surface area contributed by atoms with Crippen molar-refractivity contribution in [3.63, 3.8) is 0 Å². The van der Waals surface area contributed by atoms with Gasteiger partial charge in [-0.25, -0.2) is 13.6 Å². The lowest BCUT2D eigenvalue weighted by atomic mass is 10.1. The van der Waals surface area contributed by atoms with Crippen LogP contribution in [0.4, 0.5) is 20.2 Å². The van der Waals surface area contributed by atoms with Crippen LogP contribution in [0.1, 0.15) is 20.7 Å². The van der Waals surface area contributed by atoms with Crippen LogP contribution in [-0.4, -0.2) is 17.0 Å². The number of carbonyl (C=O) groups excluding carboxylic acids is 1. The molecule has 0 saturated carbocycles. The van der Waals surface area contributed by atoms with E-state index in [9.17, 15) is 18.4 Å². The predicted molar refractivity (Wildman–Crippen MR) is 72.1 cm³/mol. The monoisotopic (exact) mass is 292 g/mol. The topological polar surface area (TPSA) is 92.4 Å². The average molecular weight is 292 g/mol. The molecule has 0 atom stereocenters. The molecule has 0 spiro atoms. The fourth-order valence-electron chi connectivity index (χ4n) is 1.74. The number of halogens is 2. The molecule has 0 aliphatic carbocycles. The summed E-state index contributed by atoms with van der Waals surface area (Å²) < 4.78 is 26.8. The van der Waals surface area contributed by atoms with Gasteiger partial charge in [-0.1, -0.05) is 6.07 Å². The Hall–Kier alpha value is -2.96. The minimum atomic E-state index is -1.41. The number of para-hydroxylation sites is 1. The standard InChI is InChI=1S/C14H10F2N2O3/c15-7-4-5-11(17)9(6-7)13(19)18-12-8(14(20)21)2-1-3-10(12)16/h1-6H,17H2,(H,18,19)(H,20,21). The van der Waals surface area contributed by atoms with E-state index in [0.717, 1.165) is 24.3 Å². The smallest absolute Gasteiger partial charge is 0.337 e. The van der Waals surface area contributed by atoms with Crippen LogP contribution in [-0.2, 0) is 0 Å². The molecule has 21 heavy (non-hydrogen) atoms. The summed E-state index contributed by atoms with van der Waals surface area (Å²) in [5, 5.41) is 11.1. The van der Waals surface area contributed by atoms with E-state index < -0.39 is 34.8 Å². The van der Waals surface area contributed by atoms with E-state index in [1.807, 2.05) is 0 Å². The summed E-state index contributed by atoms with van der Waals surface area (Å²) >= 11 is 0. The summed E-state index contributed by atoms with van der Waals surface area (Å²) in [6.07, 6.45) is 0. The van der Waals surface area contributed by atoms with Gasteiger partial charge in [-0.15, -0.1) is 0 Å². The third-order valence-electron chi connectivity index (χ3n) is 2.74. The van der Waals surface area contributed by atoms with Crippen LogP contribution in [0.15, 0.2) is 36.4 Å². The number of nitrogen functional groups attached to an aromatic ring is 1. The molecule has 0 aliphatic heterocycles. The van der Waals surface area contributed by atoms with Gasteiger partial charge in [0.1, 0.15) is 11.6 Å². The van der Waals surface area contributed by atoms with Gasteiger partial charge in [0.25, 0.3) is 5.91 Å². The van der Waals surface area contributed by atoms with Crippen molar-refractivity contribution < 1.29 is 23.5 Å². The zero-order valence-corrected chi connectivity index (χ0v) is 10.6. The highest BCUT2D eigenvalue weighted by Crippen LogP contribution is 2.22. The summed E-state index contributed by atoms with van der Waals surface area (Å²) in [6, 6.07) is 6.46. The molecule has 108 valence electrons. The maximum atomic E-state index is 13.7. The number of nitrogens with one attached hydrogen (secondary N) is 1. The van der Waals surface area contributed by atoms with E-state index in [1.165, 1.54) is 12.1 Å². The van der Waals surface area contributed by atoms with Crippen molar-refractivity contribution in [2.45, 2.75) is 0 Å². The molecule has 0 saturated heterocycles. The molecule has 0 aliphatic rings. The lowest BCUT2D eigenvalue weighted by Gasteiger charge is -2.11. The number of hydrogen-bond acceptors (Lipinski definition) is 3. The highest BCUT2D eigenvalue weighted by molar-refractivity contribution is 6.10. The fraction of sp³-hybridized carbons (Fsp3) is 0. The summed E-state index contributed by atoms with van der Waals surface area (Å²) in [4.78, 5) is 23.0. The van der Waals surface area contributed by atoms with Gasteiger partial charge in [-0.3, -0.25) is 4.79 Å². The normalized spacial score (nSPS) is 10.2. The van der Waals surface area contributed by atoms with E-state index in [-0.39, 0.29) is 11.3 Å². The molecule has 5 nitrogen and oxygen atoms in total. The van der Waals surface area contributed by atoms with E-state index in [2.05, 4.69) is 5.32 Å². The van der Waals surface area contributed by atoms with Crippen molar-refractivity contribution >= 4 is 23.3 Å². The van der Waals surface area contributed by atoms with Crippen molar-refractivity contribution in [3.05, 3.63) is 59.2 Å². The maximum absolute atomic E-state index is 13.7. The second-order valence-corrected chi connectivity index (χ2v) is 4.15. The van der Waals surface area contributed by atoms with Crippen molar-refractivity contribution in [1.82, 2.24) is 0 Å². The largest absolute Gasteiger partial charge is 0.478 e. The predicted octanol–water partition coefficient (Wildman–Crippen LogP) is 2.50. The van der Waals surface area contributed by atoms with Crippen molar-refractivity contribution in [2.75, 3.05) is 11.1 Å². The third kappa shape index (κ3) is 2.97. The van der Waals surface area contributed by atoms with Gasteiger partial charge in [0, 0.05) is 5.69 Å². The first-order chi connectivity index (χ1) is 9.90. The number of benzene rings is 2. The quantitative estimate of drug-likeness (QED) is 0.758. The third-order valence-corrected chi connectivity index (χ3v) is 2.74. The van der Waals surface area contributed by atoms with Crippen LogP contribution in [0.3, 0.4) is 0 Å². The Morgan fingerprint density at radius 1 is 1.10 bits per heavy atom. The molecule has 7 heteroatoms. The highest BCUT2D eigenvalue weighted by Gasteiger charge is 2.18. The lowest BCUT2D eigenvalue weighted by molar-refractivity contribution is 0.0697. The minimum absolute atomic E-state index is 0.0119. The first-order valence-electron chi connectivity index (χ1n) is 5.78. The van der Waals surface area contributed by atoms with Gasteiger partial charge >= 0.3 is 5.97 Å². The first kappa shape index (κ1) is 14.4. The molecular formula is C14H10F2N2O3. The molecule has 0 aromatic heterocycles. The van der Waals surface area contributed by atoms with Gasteiger partial charge in [-0.2, -0.15) is 0 Å². The number of anilines is 2. The Kier molecular flexibility index (Phi) is 3.84. The molecule has 2 rings (SSSR count). The number of aromatic carboxylic acids is 1. The Balaban J connectivity index is 2.41. The Labute approximate surface area is 118 Å². The van der Waals surface area contributed by atoms with Crippen LogP contribution in [0.5, 0.6) is 0 Å². The molecule has 0 unspecified atom stereocenters. The molecule has 2 aromatic carbocycles. The van der Waals surface area contributed by atoms with Crippen LogP contribution in [0.2, 0.25) is 0 Å². The van der Waals surface area contributed by atoms with E-state index in [1.54, 1.807) is 0 Å². The average Bonchev–Trinajstić information content (AvgIpc) is 2.43. The van der Waals surface area contributed by atoms with E-state index >= 15 is 0 Å². The fourth-order valence-corrected chi connectivity index (χ4v) is 1.74. The molecular weight excluding hydrogens is 282 g/mol. The van der Waals surface area contributed by atoms with Gasteiger partial charge in [0.15, 0.2) is 0 Å². The number of amides is 1. The maximum Gasteiger partial charge on any atom is 0.337 e. The summed E-state index contributed by atoms with van der Waals surface area (Å²) in [7, 11) is 0. The van der Waals surface area contributed by atoms with Crippen LogP contribution in [0, 0.1) is 11.6 Å². The van der Waals surface area contributed by atoms with Crippen LogP contribution < -0.4 is 11.1 Å². The van der Waals surface area contributed by atoms with Crippen LogP contribution in [0.25, 0.3) is 0 Å². The number of nitrogens with two attached hydrogens (primary N) is 1. The number of rotatable bonds is 3. The number of carboxylic acid groups (broad SMARTS) is 1. The zero-order chi connectivity index (χ0) is 15.6. The molecule has 0 fully saturated rings. The molecule has 1 amide bonds. The number of carboxylic acids is 1. The van der Waals surface area contributed by atoms with Gasteiger partial charge in [0.2, 0.25) is 0 Å². The minimum Gasteiger partial charge on any atom is -0.478 e. The van der Waals surface area contributed by atoms with Gasteiger partial charge < -0.3 is 16.2 Å². The van der Waals surface area contributed by atoms with Crippen molar-refractivity contribution in [1.29, 1.82) is 0 Å². The summed E-state index contributed by atoms with van der Waals surface area (Å²) in [5.74, 6) is -3.92. The van der Waals surface area contributed by atoms with Crippen LogP contribution >= 0.6 is 0 Å². The lowest BCUT2D eigenvalue weighted by Crippen LogP contribution is -2.17. The van der Waals surface area contributed by atoms with Crippen molar-refractivity contribution in [3.8, 4) is 0 Å².